The van der Waals surface area contributed by atoms with Gasteiger partial charge in [-0.1, -0.05) is 66.8 Å². The largest absolute Gasteiger partial charge is 0.377 e. The third-order valence-corrected chi connectivity index (χ3v) is 5.91. The molecule has 3 rings (SSSR count). The number of allylic oxidation sites excluding steroid dienone is 2. The molecule has 2 aromatic rings. The van der Waals surface area contributed by atoms with Gasteiger partial charge in [0.05, 0.1) is 6.61 Å². The van der Waals surface area contributed by atoms with E-state index >= 15 is 0 Å². The normalized spacial score (nSPS) is 19.8. The van der Waals surface area contributed by atoms with Gasteiger partial charge in [0.25, 0.3) is 0 Å². The highest BCUT2D eigenvalue weighted by Crippen LogP contribution is 2.40. The number of hydrogen-bond acceptors (Lipinski definition) is 1. The van der Waals surface area contributed by atoms with Gasteiger partial charge in [-0.2, -0.15) is 0 Å². The van der Waals surface area contributed by atoms with Crippen molar-refractivity contribution in [1.82, 2.24) is 0 Å². The number of unbranched alkanes of at least 4 members (excludes halogenated alkanes) is 1. The first-order chi connectivity index (χ1) is 13.8. The average Bonchev–Trinajstić information content (AvgIpc) is 2.75. The lowest BCUT2D eigenvalue weighted by Crippen LogP contribution is -2.12. The molecule has 2 aromatic carbocycles. The number of hydrogen-bond donors (Lipinski definition) is 0. The van der Waals surface area contributed by atoms with Crippen molar-refractivity contribution in [1.29, 1.82) is 0 Å². The highest BCUT2D eigenvalue weighted by molar-refractivity contribution is 5.49. The molecule has 0 atom stereocenters. The maximum atomic E-state index is 5.74. The molecular formula is C27H34O. The molecule has 1 aliphatic carbocycles. The van der Waals surface area contributed by atoms with Crippen LogP contribution in [0, 0.1) is 0 Å². The quantitative estimate of drug-likeness (QED) is 0.323. The second kappa shape index (κ2) is 11.0. The topological polar surface area (TPSA) is 9.23 Å². The monoisotopic (exact) mass is 374 g/mol. The first-order valence-corrected chi connectivity index (χ1v) is 10.8. The molecule has 0 heterocycles. The summed E-state index contributed by atoms with van der Waals surface area (Å²) in [6, 6.07) is 18.3. The van der Waals surface area contributed by atoms with Crippen LogP contribution in [0.5, 0.6) is 0 Å². The Labute approximate surface area is 171 Å². The minimum absolute atomic E-state index is 0.709. The predicted octanol–water partition coefficient (Wildman–Crippen LogP) is 7.64. The predicted molar refractivity (Wildman–Crippen MR) is 121 cm³/mol. The summed E-state index contributed by atoms with van der Waals surface area (Å²) in [5.41, 5.74) is 5.58. The number of ether oxygens (including phenoxy) is 1. The van der Waals surface area contributed by atoms with Gasteiger partial charge in [-0.3, -0.25) is 0 Å². The van der Waals surface area contributed by atoms with Crippen molar-refractivity contribution in [2.24, 2.45) is 0 Å². The van der Waals surface area contributed by atoms with Crippen LogP contribution >= 0.6 is 0 Å². The van der Waals surface area contributed by atoms with Gasteiger partial charge in [-0.15, -0.1) is 6.58 Å². The smallest absolute Gasteiger partial charge is 0.0716 e. The summed E-state index contributed by atoms with van der Waals surface area (Å²) in [6.07, 6.45) is 13.5. The third kappa shape index (κ3) is 5.94. The second-order valence-electron chi connectivity index (χ2n) is 7.94. The van der Waals surface area contributed by atoms with Gasteiger partial charge >= 0.3 is 0 Å². The molecule has 1 heteroatoms. The summed E-state index contributed by atoms with van der Waals surface area (Å²) < 4.78 is 5.74. The molecule has 0 amide bonds. The summed E-state index contributed by atoms with van der Waals surface area (Å²) in [5, 5.41) is 0. The van der Waals surface area contributed by atoms with Crippen molar-refractivity contribution in [2.45, 2.75) is 63.9 Å². The molecular weight excluding hydrogens is 340 g/mol. The summed E-state index contributed by atoms with van der Waals surface area (Å²) in [7, 11) is 0. The van der Waals surface area contributed by atoms with Crippen LogP contribution < -0.4 is 0 Å². The van der Waals surface area contributed by atoms with Crippen LogP contribution in [0.15, 0.2) is 67.3 Å². The van der Waals surface area contributed by atoms with Crippen LogP contribution in [-0.4, -0.2) is 6.61 Å². The molecule has 1 aliphatic rings. The van der Waals surface area contributed by atoms with Crippen LogP contribution in [0.3, 0.4) is 0 Å². The van der Waals surface area contributed by atoms with Crippen LogP contribution in [-0.2, 0) is 11.3 Å². The van der Waals surface area contributed by atoms with E-state index in [1.165, 1.54) is 47.9 Å². The SMILES string of the molecule is C=CCCCOCc1ccc(C2CCC(c3ccc(/C=C/C)cc3)CC2)cc1. The fourth-order valence-electron chi connectivity index (χ4n) is 4.24. The standard InChI is InChI=1S/C27H34O/c1-3-5-6-20-28-21-23-10-14-25(15-11-23)27-18-16-26(17-19-27)24-12-8-22(7-4-2)9-13-24/h3-4,7-15,26-27H,1,5-6,16-21H2,2H3/b7-4+. The maximum Gasteiger partial charge on any atom is 0.0716 e. The lowest BCUT2D eigenvalue weighted by molar-refractivity contribution is 0.119. The van der Waals surface area contributed by atoms with E-state index < -0.39 is 0 Å². The van der Waals surface area contributed by atoms with E-state index in [-0.39, 0.29) is 0 Å². The Balaban J connectivity index is 1.47. The summed E-state index contributed by atoms with van der Waals surface area (Å²) in [6.45, 7) is 7.34. The maximum absolute atomic E-state index is 5.74. The molecule has 148 valence electrons. The van der Waals surface area contributed by atoms with Gasteiger partial charge in [0.2, 0.25) is 0 Å². The highest BCUT2D eigenvalue weighted by Gasteiger charge is 2.23. The zero-order valence-corrected chi connectivity index (χ0v) is 17.3. The molecule has 1 saturated carbocycles. The number of rotatable bonds is 9. The van der Waals surface area contributed by atoms with Crippen LogP contribution in [0.2, 0.25) is 0 Å². The second-order valence-corrected chi connectivity index (χ2v) is 7.94. The Morgan fingerprint density at radius 3 is 2.00 bits per heavy atom. The van der Waals surface area contributed by atoms with Crippen molar-refractivity contribution in [3.05, 3.63) is 89.5 Å². The van der Waals surface area contributed by atoms with Crippen molar-refractivity contribution in [2.75, 3.05) is 6.61 Å². The van der Waals surface area contributed by atoms with Crippen LogP contribution in [0.25, 0.3) is 6.08 Å². The first kappa shape index (κ1) is 20.6. The Kier molecular flexibility index (Phi) is 8.11. The molecule has 28 heavy (non-hydrogen) atoms. The van der Waals surface area contributed by atoms with Gasteiger partial charge in [0.15, 0.2) is 0 Å². The zero-order chi connectivity index (χ0) is 19.6. The lowest BCUT2D eigenvalue weighted by Gasteiger charge is -2.29. The Hall–Kier alpha value is -2.12. The molecule has 0 unspecified atom stereocenters. The van der Waals surface area contributed by atoms with Gasteiger partial charge in [-0.25, -0.2) is 0 Å². The molecule has 0 bridgehead atoms. The number of benzene rings is 2. The minimum atomic E-state index is 0.709. The fourth-order valence-corrected chi connectivity index (χ4v) is 4.24. The van der Waals surface area contributed by atoms with Gasteiger partial charge < -0.3 is 4.74 Å². The Morgan fingerprint density at radius 1 is 0.893 bits per heavy atom. The summed E-state index contributed by atoms with van der Waals surface area (Å²) >= 11 is 0. The van der Waals surface area contributed by atoms with E-state index in [0.29, 0.717) is 12.5 Å². The van der Waals surface area contributed by atoms with Crippen molar-refractivity contribution >= 4 is 6.08 Å². The van der Waals surface area contributed by atoms with E-state index in [1.54, 1.807) is 0 Å². The molecule has 0 spiro atoms. The minimum Gasteiger partial charge on any atom is -0.377 e. The van der Waals surface area contributed by atoms with E-state index in [1.807, 2.05) is 6.08 Å². The summed E-state index contributed by atoms with van der Waals surface area (Å²) in [4.78, 5) is 0. The van der Waals surface area contributed by atoms with E-state index in [0.717, 1.165) is 25.4 Å². The zero-order valence-electron chi connectivity index (χ0n) is 17.3. The van der Waals surface area contributed by atoms with E-state index in [4.69, 9.17) is 4.74 Å². The lowest BCUT2D eigenvalue weighted by atomic mass is 9.76. The average molecular weight is 375 g/mol. The van der Waals surface area contributed by atoms with Crippen molar-refractivity contribution in [3.63, 3.8) is 0 Å². The van der Waals surface area contributed by atoms with Crippen LogP contribution in [0.1, 0.15) is 79.5 Å². The first-order valence-electron chi connectivity index (χ1n) is 10.8. The van der Waals surface area contributed by atoms with Gasteiger partial charge in [0, 0.05) is 6.61 Å². The Morgan fingerprint density at radius 2 is 1.46 bits per heavy atom. The van der Waals surface area contributed by atoms with Gasteiger partial charge in [-0.05, 0) is 79.5 Å². The molecule has 0 saturated heterocycles. The van der Waals surface area contributed by atoms with E-state index in [9.17, 15) is 0 Å². The summed E-state index contributed by atoms with van der Waals surface area (Å²) in [5.74, 6) is 1.43. The molecule has 0 aliphatic heterocycles. The molecule has 1 nitrogen and oxygen atoms in total. The van der Waals surface area contributed by atoms with Crippen molar-refractivity contribution < 1.29 is 4.74 Å². The van der Waals surface area contributed by atoms with Gasteiger partial charge in [0.1, 0.15) is 0 Å². The van der Waals surface area contributed by atoms with Crippen LogP contribution in [0.4, 0.5) is 0 Å². The highest BCUT2D eigenvalue weighted by atomic mass is 16.5. The van der Waals surface area contributed by atoms with Crippen molar-refractivity contribution in [3.8, 4) is 0 Å². The molecule has 0 N–H and O–H groups in total. The molecule has 0 aromatic heterocycles. The molecule has 0 radical (unpaired) electrons. The fraction of sp³-hybridized carbons (Fsp3) is 0.407. The third-order valence-electron chi connectivity index (χ3n) is 5.91. The van der Waals surface area contributed by atoms with E-state index in [2.05, 4.69) is 74.2 Å². The Bertz CT molecular complexity index is 731. The molecule has 1 fully saturated rings.